The molecular formula is C24H24N2O3. The summed E-state index contributed by atoms with van der Waals surface area (Å²) in [6.45, 7) is 3.81. The monoisotopic (exact) mass is 388 g/mol. The number of nitrogens with one attached hydrogen (secondary N) is 1. The molecule has 3 aromatic carbocycles. The molecule has 0 saturated heterocycles. The minimum absolute atomic E-state index is 0.0802. The van der Waals surface area contributed by atoms with E-state index in [9.17, 15) is 9.59 Å². The molecule has 0 aromatic heterocycles. The quantitative estimate of drug-likeness (QED) is 0.671. The Labute approximate surface area is 170 Å². The molecule has 0 unspecified atom stereocenters. The smallest absolute Gasteiger partial charge is 0.262 e. The van der Waals surface area contributed by atoms with Crippen LogP contribution in [0, 0.1) is 13.8 Å². The van der Waals surface area contributed by atoms with Crippen molar-refractivity contribution >= 4 is 23.2 Å². The lowest BCUT2D eigenvalue weighted by Crippen LogP contribution is -2.26. The van der Waals surface area contributed by atoms with Crippen molar-refractivity contribution < 1.29 is 14.3 Å². The summed E-state index contributed by atoms with van der Waals surface area (Å²) in [5.41, 5.74) is 3.95. The molecule has 1 N–H and O–H groups in total. The van der Waals surface area contributed by atoms with Crippen LogP contribution in [0.3, 0.4) is 0 Å². The van der Waals surface area contributed by atoms with E-state index < -0.39 is 0 Å². The van der Waals surface area contributed by atoms with Gasteiger partial charge in [-0.25, -0.2) is 0 Å². The van der Waals surface area contributed by atoms with Crippen LogP contribution in [-0.4, -0.2) is 25.5 Å². The Hall–Kier alpha value is -3.60. The molecule has 3 rings (SSSR count). The Morgan fingerprint density at radius 3 is 2.10 bits per heavy atom. The number of para-hydroxylation sites is 2. The molecular weight excluding hydrogens is 364 g/mol. The summed E-state index contributed by atoms with van der Waals surface area (Å²) >= 11 is 0. The molecule has 0 bridgehead atoms. The third kappa shape index (κ3) is 5.02. The highest BCUT2D eigenvalue weighted by Gasteiger charge is 2.13. The molecule has 29 heavy (non-hydrogen) atoms. The molecule has 0 saturated carbocycles. The zero-order valence-corrected chi connectivity index (χ0v) is 16.8. The summed E-state index contributed by atoms with van der Waals surface area (Å²) in [6, 6.07) is 22.1. The van der Waals surface area contributed by atoms with Gasteiger partial charge in [0.2, 0.25) is 0 Å². The SMILES string of the molecule is Cc1cccc(C)c1OCC(=O)Nc1ccc(C(=O)N(C)c2ccccc2)cc1. The predicted octanol–water partition coefficient (Wildman–Crippen LogP) is 4.60. The number of hydrogen-bond donors (Lipinski definition) is 1. The summed E-state index contributed by atoms with van der Waals surface area (Å²) in [5, 5.41) is 2.79. The fourth-order valence-corrected chi connectivity index (χ4v) is 3.02. The third-order valence-electron chi connectivity index (χ3n) is 4.62. The fourth-order valence-electron chi connectivity index (χ4n) is 3.02. The Morgan fingerprint density at radius 2 is 1.48 bits per heavy atom. The van der Waals surface area contributed by atoms with Crippen molar-refractivity contribution in [3.8, 4) is 5.75 Å². The van der Waals surface area contributed by atoms with Gasteiger partial charge in [0.25, 0.3) is 11.8 Å². The van der Waals surface area contributed by atoms with Crippen molar-refractivity contribution in [3.05, 3.63) is 89.5 Å². The summed E-state index contributed by atoms with van der Waals surface area (Å²) < 4.78 is 5.67. The van der Waals surface area contributed by atoms with Crippen LogP contribution in [0.4, 0.5) is 11.4 Å². The van der Waals surface area contributed by atoms with E-state index in [-0.39, 0.29) is 18.4 Å². The molecule has 148 valence electrons. The first-order valence-corrected chi connectivity index (χ1v) is 9.38. The van der Waals surface area contributed by atoms with Crippen molar-refractivity contribution in [1.82, 2.24) is 0 Å². The van der Waals surface area contributed by atoms with Crippen LogP contribution < -0.4 is 15.0 Å². The molecule has 3 aromatic rings. The van der Waals surface area contributed by atoms with E-state index >= 15 is 0 Å². The minimum Gasteiger partial charge on any atom is -0.483 e. The maximum absolute atomic E-state index is 12.6. The van der Waals surface area contributed by atoms with E-state index in [1.54, 1.807) is 36.2 Å². The Kier molecular flexibility index (Phi) is 6.29. The maximum Gasteiger partial charge on any atom is 0.262 e. The standard InChI is InChI=1S/C24H24N2O3/c1-17-8-7-9-18(2)23(17)29-16-22(27)25-20-14-12-19(13-15-20)24(28)26(3)21-10-5-4-6-11-21/h4-15H,16H2,1-3H3,(H,25,27). The van der Waals surface area contributed by atoms with Gasteiger partial charge in [-0.15, -0.1) is 0 Å². The second-order valence-corrected chi connectivity index (χ2v) is 6.83. The van der Waals surface area contributed by atoms with Crippen LogP contribution in [0.5, 0.6) is 5.75 Å². The van der Waals surface area contributed by atoms with Gasteiger partial charge in [0.15, 0.2) is 6.61 Å². The first-order chi connectivity index (χ1) is 14.0. The highest BCUT2D eigenvalue weighted by atomic mass is 16.5. The van der Waals surface area contributed by atoms with Crippen molar-refractivity contribution in [2.75, 3.05) is 23.9 Å². The second-order valence-electron chi connectivity index (χ2n) is 6.83. The average molecular weight is 388 g/mol. The minimum atomic E-state index is -0.256. The normalized spacial score (nSPS) is 10.3. The van der Waals surface area contributed by atoms with E-state index in [1.165, 1.54) is 0 Å². The molecule has 0 aliphatic rings. The maximum atomic E-state index is 12.6. The average Bonchev–Trinajstić information content (AvgIpc) is 2.73. The number of rotatable bonds is 6. The van der Waals surface area contributed by atoms with Crippen LogP contribution in [0.2, 0.25) is 0 Å². The Morgan fingerprint density at radius 1 is 0.862 bits per heavy atom. The lowest BCUT2D eigenvalue weighted by molar-refractivity contribution is -0.118. The van der Waals surface area contributed by atoms with Crippen LogP contribution in [-0.2, 0) is 4.79 Å². The molecule has 5 heteroatoms. The summed E-state index contributed by atoms with van der Waals surface area (Å²) in [6.07, 6.45) is 0. The van der Waals surface area contributed by atoms with Crippen LogP contribution >= 0.6 is 0 Å². The number of anilines is 2. The highest BCUT2D eigenvalue weighted by molar-refractivity contribution is 6.06. The second kappa shape index (κ2) is 9.06. The van der Waals surface area contributed by atoms with Crippen LogP contribution in [0.25, 0.3) is 0 Å². The summed E-state index contributed by atoms with van der Waals surface area (Å²) in [7, 11) is 1.73. The van der Waals surface area contributed by atoms with Gasteiger partial charge in [-0.05, 0) is 61.4 Å². The zero-order chi connectivity index (χ0) is 20.8. The van der Waals surface area contributed by atoms with Crippen molar-refractivity contribution in [1.29, 1.82) is 0 Å². The highest BCUT2D eigenvalue weighted by Crippen LogP contribution is 2.22. The van der Waals surface area contributed by atoms with Gasteiger partial charge < -0.3 is 15.0 Å². The predicted molar refractivity (Wildman–Crippen MR) is 116 cm³/mol. The number of carbonyl (C=O) groups excluding carboxylic acids is 2. The van der Waals surface area contributed by atoms with Crippen LogP contribution in [0.15, 0.2) is 72.8 Å². The number of amides is 2. The molecule has 0 heterocycles. The van der Waals surface area contributed by atoms with Gasteiger partial charge in [-0.2, -0.15) is 0 Å². The molecule has 0 atom stereocenters. The summed E-state index contributed by atoms with van der Waals surface area (Å²) in [4.78, 5) is 26.4. The molecule has 5 nitrogen and oxygen atoms in total. The summed E-state index contributed by atoms with van der Waals surface area (Å²) in [5.74, 6) is 0.355. The molecule has 0 spiro atoms. The zero-order valence-electron chi connectivity index (χ0n) is 16.8. The van der Waals surface area contributed by atoms with E-state index in [0.717, 1.165) is 22.6 Å². The fraction of sp³-hybridized carbons (Fsp3) is 0.167. The lowest BCUT2D eigenvalue weighted by Gasteiger charge is -2.17. The Bertz CT molecular complexity index is 978. The van der Waals surface area contributed by atoms with Gasteiger partial charge >= 0.3 is 0 Å². The topological polar surface area (TPSA) is 58.6 Å². The first-order valence-electron chi connectivity index (χ1n) is 9.38. The third-order valence-corrected chi connectivity index (χ3v) is 4.62. The van der Waals surface area contributed by atoms with Gasteiger partial charge in [0, 0.05) is 24.0 Å². The van der Waals surface area contributed by atoms with E-state index in [4.69, 9.17) is 4.74 Å². The van der Waals surface area contributed by atoms with Gasteiger partial charge in [-0.3, -0.25) is 9.59 Å². The van der Waals surface area contributed by atoms with Gasteiger partial charge in [0.1, 0.15) is 5.75 Å². The number of benzene rings is 3. The number of ether oxygens (including phenoxy) is 1. The molecule has 0 aliphatic carbocycles. The van der Waals surface area contributed by atoms with Gasteiger partial charge in [-0.1, -0.05) is 36.4 Å². The number of aryl methyl sites for hydroxylation is 2. The van der Waals surface area contributed by atoms with E-state index in [2.05, 4.69) is 5.32 Å². The number of carbonyl (C=O) groups is 2. The van der Waals surface area contributed by atoms with Crippen molar-refractivity contribution in [3.63, 3.8) is 0 Å². The van der Waals surface area contributed by atoms with E-state index in [1.807, 2.05) is 62.4 Å². The number of hydrogen-bond acceptors (Lipinski definition) is 3. The van der Waals surface area contributed by atoms with Crippen molar-refractivity contribution in [2.45, 2.75) is 13.8 Å². The van der Waals surface area contributed by atoms with Crippen LogP contribution in [0.1, 0.15) is 21.5 Å². The number of nitrogens with zero attached hydrogens (tertiary/aromatic N) is 1. The molecule has 0 radical (unpaired) electrons. The van der Waals surface area contributed by atoms with E-state index in [0.29, 0.717) is 11.3 Å². The Balaban J connectivity index is 1.59. The van der Waals surface area contributed by atoms with Gasteiger partial charge in [0.05, 0.1) is 0 Å². The van der Waals surface area contributed by atoms with Crippen molar-refractivity contribution in [2.24, 2.45) is 0 Å². The largest absolute Gasteiger partial charge is 0.483 e. The molecule has 0 fully saturated rings. The molecule has 2 amide bonds. The lowest BCUT2D eigenvalue weighted by atomic mass is 10.1. The first kappa shape index (κ1) is 20.1. The molecule has 0 aliphatic heterocycles.